The number of rotatable bonds is 4. The van der Waals surface area contributed by atoms with Crippen LogP contribution < -0.4 is 4.72 Å². The maximum Gasteiger partial charge on any atom is 0.359 e. The standard InChI is InChI=1S/C13H13ClFNO3S/c14-9-3-1-4-10(15)8(9)7-12(17)16-20-6-2-5-11(20)13(18)19/h1,3-4,11H,2,5-7H2,(H-,16,17,18,19)/p+1. The number of carbonyl (C=O) groups is 2. The minimum atomic E-state index is -0.893. The second-order valence-electron chi connectivity index (χ2n) is 4.50. The summed E-state index contributed by atoms with van der Waals surface area (Å²) in [5.41, 5.74) is 0.140. The Morgan fingerprint density at radius 2 is 2.25 bits per heavy atom. The number of nitrogens with one attached hydrogen (secondary N) is 1. The highest BCUT2D eigenvalue weighted by atomic mass is 35.5. The van der Waals surface area contributed by atoms with Crippen molar-refractivity contribution in [2.75, 3.05) is 5.75 Å². The maximum absolute atomic E-state index is 13.6. The van der Waals surface area contributed by atoms with Crippen LogP contribution in [0, 0.1) is 5.82 Å². The number of carboxylic acid groups (broad SMARTS) is 1. The molecule has 1 aliphatic rings. The van der Waals surface area contributed by atoms with Gasteiger partial charge in [-0.2, -0.15) is 4.72 Å². The highest BCUT2D eigenvalue weighted by Gasteiger charge is 2.43. The van der Waals surface area contributed by atoms with E-state index in [4.69, 9.17) is 16.7 Å². The number of amides is 1. The van der Waals surface area contributed by atoms with E-state index in [9.17, 15) is 14.0 Å². The molecule has 0 aromatic heterocycles. The SMILES string of the molecule is O=C(Cc1c(F)cccc1Cl)N[S+]1CCCC1C(=O)O. The van der Waals surface area contributed by atoms with E-state index in [0.717, 1.165) is 6.42 Å². The van der Waals surface area contributed by atoms with Crippen LogP contribution >= 0.6 is 11.6 Å². The van der Waals surface area contributed by atoms with Gasteiger partial charge in [-0.1, -0.05) is 17.7 Å². The summed E-state index contributed by atoms with van der Waals surface area (Å²) in [6, 6.07) is 4.23. The molecule has 4 nitrogen and oxygen atoms in total. The molecule has 2 rings (SSSR count). The topological polar surface area (TPSA) is 66.4 Å². The lowest BCUT2D eigenvalue weighted by Crippen LogP contribution is -2.41. The summed E-state index contributed by atoms with van der Waals surface area (Å²) in [5.74, 6) is -1.16. The third-order valence-corrected chi connectivity index (χ3v) is 5.79. The van der Waals surface area contributed by atoms with Gasteiger partial charge in [-0.05, 0) is 18.6 Å². The first kappa shape index (κ1) is 15.1. The van der Waals surface area contributed by atoms with Gasteiger partial charge in [0.1, 0.15) is 22.7 Å². The predicted octanol–water partition coefficient (Wildman–Crippen LogP) is 1.92. The van der Waals surface area contributed by atoms with Gasteiger partial charge in [0.25, 0.3) is 5.91 Å². The van der Waals surface area contributed by atoms with Gasteiger partial charge in [-0.25, -0.2) is 9.18 Å². The molecule has 20 heavy (non-hydrogen) atoms. The molecule has 2 atom stereocenters. The number of hydrogen-bond donors (Lipinski definition) is 2. The van der Waals surface area contributed by atoms with Crippen molar-refractivity contribution in [2.24, 2.45) is 0 Å². The van der Waals surface area contributed by atoms with Gasteiger partial charge in [-0.3, -0.25) is 4.79 Å². The number of halogens is 2. The van der Waals surface area contributed by atoms with Crippen LogP contribution in [0.2, 0.25) is 5.02 Å². The minimum Gasteiger partial charge on any atom is -0.477 e. The van der Waals surface area contributed by atoms with Gasteiger partial charge < -0.3 is 5.11 Å². The molecule has 0 spiro atoms. The third kappa shape index (κ3) is 3.43. The number of aliphatic carboxylic acids is 1. The van der Waals surface area contributed by atoms with Crippen molar-refractivity contribution in [1.29, 1.82) is 0 Å². The zero-order valence-corrected chi connectivity index (χ0v) is 12.1. The molecule has 1 aliphatic heterocycles. The highest BCUT2D eigenvalue weighted by Crippen LogP contribution is 2.22. The second kappa shape index (κ2) is 6.45. The zero-order chi connectivity index (χ0) is 14.7. The summed E-state index contributed by atoms with van der Waals surface area (Å²) in [6.07, 6.45) is 1.17. The van der Waals surface area contributed by atoms with E-state index in [1.54, 1.807) is 0 Å². The first-order valence-electron chi connectivity index (χ1n) is 6.14. The highest BCUT2D eigenvalue weighted by molar-refractivity contribution is 7.97. The number of carboxylic acids is 1. The number of hydrogen-bond acceptors (Lipinski definition) is 2. The van der Waals surface area contributed by atoms with E-state index >= 15 is 0 Å². The molecule has 0 saturated carbocycles. The van der Waals surface area contributed by atoms with Crippen molar-refractivity contribution in [3.8, 4) is 0 Å². The van der Waals surface area contributed by atoms with Crippen molar-refractivity contribution < 1.29 is 19.1 Å². The fourth-order valence-electron chi connectivity index (χ4n) is 2.12. The van der Waals surface area contributed by atoms with Crippen LogP contribution in [0.4, 0.5) is 4.39 Å². The summed E-state index contributed by atoms with van der Waals surface area (Å²) in [4.78, 5) is 23.0. The van der Waals surface area contributed by atoms with Crippen molar-refractivity contribution in [3.05, 3.63) is 34.6 Å². The molecule has 1 saturated heterocycles. The second-order valence-corrected chi connectivity index (χ2v) is 6.95. The van der Waals surface area contributed by atoms with Gasteiger partial charge in [-0.15, -0.1) is 0 Å². The Hall–Kier alpha value is -1.27. The van der Waals surface area contributed by atoms with E-state index in [0.29, 0.717) is 12.2 Å². The molecule has 108 valence electrons. The van der Waals surface area contributed by atoms with Crippen LogP contribution in [-0.4, -0.2) is 28.0 Å². The number of carbonyl (C=O) groups excluding carboxylic acids is 1. The average molecular weight is 319 g/mol. The molecule has 0 bridgehead atoms. The molecule has 0 aliphatic carbocycles. The Morgan fingerprint density at radius 3 is 2.90 bits per heavy atom. The van der Waals surface area contributed by atoms with E-state index in [1.807, 2.05) is 0 Å². The quantitative estimate of drug-likeness (QED) is 0.834. The molecular formula is C13H14ClFNO3S+. The Bertz CT molecular complexity index is 520. The monoisotopic (exact) mass is 318 g/mol. The summed E-state index contributed by atoms with van der Waals surface area (Å²) >= 11 is 5.18. The Morgan fingerprint density at radius 1 is 1.50 bits per heavy atom. The van der Waals surface area contributed by atoms with Crippen LogP contribution in [0.15, 0.2) is 18.2 Å². The maximum atomic E-state index is 13.6. The first-order chi connectivity index (χ1) is 9.49. The van der Waals surface area contributed by atoms with Crippen LogP contribution in [0.1, 0.15) is 18.4 Å². The molecule has 1 amide bonds. The molecule has 1 heterocycles. The van der Waals surface area contributed by atoms with E-state index < -0.39 is 34.0 Å². The zero-order valence-electron chi connectivity index (χ0n) is 10.6. The van der Waals surface area contributed by atoms with Crippen LogP contribution in [0.3, 0.4) is 0 Å². The molecule has 1 fully saturated rings. The van der Waals surface area contributed by atoms with Gasteiger partial charge in [0.15, 0.2) is 0 Å². The fraction of sp³-hybridized carbons (Fsp3) is 0.385. The van der Waals surface area contributed by atoms with Crippen LogP contribution in [0.25, 0.3) is 0 Å². The van der Waals surface area contributed by atoms with Gasteiger partial charge in [0, 0.05) is 17.0 Å². The summed E-state index contributed by atoms with van der Waals surface area (Å²) in [6.45, 7) is 0. The Balaban J connectivity index is 2.01. The molecule has 7 heteroatoms. The van der Waals surface area contributed by atoms with E-state index in [1.165, 1.54) is 18.2 Å². The summed E-state index contributed by atoms with van der Waals surface area (Å²) in [7, 11) is 0. The molecule has 1 aromatic rings. The predicted molar refractivity (Wildman–Crippen MR) is 76.1 cm³/mol. The first-order valence-corrected chi connectivity index (χ1v) is 7.97. The van der Waals surface area contributed by atoms with Crippen molar-refractivity contribution in [2.45, 2.75) is 24.5 Å². The average Bonchev–Trinajstić information content (AvgIpc) is 2.82. The lowest BCUT2D eigenvalue weighted by Gasteiger charge is -2.09. The lowest BCUT2D eigenvalue weighted by molar-refractivity contribution is -0.136. The summed E-state index contributed by atoms with van der Waals surface area (Å²) in [5, 5.41) is 8.72. The fourth-order valence-corrected chi connectivity index (χ4v) is 4.42. The Labute approximate surface area is 123 Å². The lowest BCUT2D eigenvalue weighted by atomic mass is 10.1. The Kier molecular flexibility index (Phi) is 4.88. The van der Waals surface area contributed by atoms with E-state index in [2.05, 4.69) is 4.72 Å². The van der Waals surface area contributed by atoms with Crippen LogP contribution in [-0.2, 0) is 27.1 Å². The molecular weight excluding hydrogens is 305 g/mol. The summed E-state index contributed by atoms with van der Waals surface area (Å²) < 4.78 is 16.3. The van der Waals surface area contributed by atoms with Gasteiger partial charge in [0.2, 0.25) is 5.25 Å². The van der Waals surface area contributed by atoms with Crippen molar-refractivity contribution >= 4 is 34.6 Å². The third-order valence-electron chi connectivity index (χ3n) is 3.09. The van der Waals surface area contributed by atoms with E-state index in [-0.39, 0.29) is 17.0 Å². The van der Waals surface area contributed by atoms with Gasteiger partial charge >= 0.3 is 5.97 Å². The number of benzene rings is 1. The molecule has 2 N–H and O–H groups in total. The minimum absolute atomic E-state index is 0.140. The van der Waals surface area contributed by atoms with Gasteiger partial charge in [0.05, 0.1) is 6.42 Å². The smallest absolute Gasteiger partial charge is 0.359 e. The largest absolute Gasteiger partial charge is 0.477 e. The molecule has 0 radical (unpaired) electrons. The van der Waals surface area contributed by atoms with Crippen LogP contribution in [0.5, 0.6) is 0 Å². The molecule has 1 aromatic carbocycles. The molecule has 2 unspecified atom stereocenters. The van der Waals surface area contributed by atoms with Crippen molar-refractivity contribution in [1.82, 2.24) is 4.72 Å². The normalized spacial score (nSPS) is 21.7. The van der Waals surface area contributed by atoms with Crippen molar-refractivity contribution in [3.63, 3.8) is 0 Å².